The quantitative estimate of drug-likeness (QED) is 0.515. The number of hydrogen-bond acceptors (Lipinski definition) is 7. The maximum atomic E-state index is 12.2. The molecule has 2 aromatic rings. The van der Waals surface area contributed by atoms with E-state index in [2.05, 4.69) is 25.6 Å². The summed E-state index contributed by atoms with van der Waals surface area (Å²) >= 11 is 1.11. The van der Waals surface area contributed by atoms with E-state index in [1.807, 2.05) is 0 Å². The standard InChI is InChI=1S/C14H16F3N5O3S/c1-24-8-2-7-18-12(23)9-26-13-19-20-21-22(13)10-3-5-11(6-4-10)25-14(15,16)17/h3-6H,2,7-9H2,1H3,(H,18,23). The zero-order valence-corrected chi connectivity index (χ0v) is 14.5. The van der Waals surface area contributed by atoms with Crippen LogP contribution in [-0.2, 0) is 9.53 Å². The van der Waals surface area contributed by atoms with Crippen LogP contribution in [0.25, 0.3) is 5.69 Å². The van der Waals surface area contributed by atoms with Gasteiger partial charge in [-0.15, -0.1) is 18.3 Å². The normalized spacial score (nSPS) is 11.4. The highest BCUT2D eigenvalue weighted by Crippen LogP contribution is 2.24. The van der Waals surface area contributed by atoms with Crippen LogP contribution in [0.1, 0.15) is 6.42 Å². The molecule has 12 heteroatoms. The van der Waals surface area contributed by atoms with Gasteiger partial charge in [0.1, 0.15) is 5.75 Å². The summed E-state index contributed by atoms with van der Waals surface area (Å²) in [7, 11) is 1.58. The number of ether oxygens (including phenoxy) is 2. The number of halogens is 3. The van der Waals surface area contributed by atoms with Gasteiger partial charge < -0.3 is 14.8 Å². The highest BCUT2D eigenvalue weighted by atomic mass is 32.2. The van der Waals surface area contributed by atoms with Gasteiger partial charge in [0.25, 0.3) is 0 Å². The largest absolute Gasteiger partial charge is 0.573 e. The van der Waals surface area contributed by atoms with Gasteiger partial charge in [0, 0.05) is 20.3 Å². The molecule has 26 heavy (non-hydrogen) atoms. The van der Waals surface area contributed by atoms with Crippen molar-refractivity contribution < 1.29 is 27.4 Å². The third-order valence-corrected chi connectivity index (χ3v) is 3.85. The van der Waals surface area contributed by atoms with E-state index in [1.54, 1.807) is 7.11 Å². The molecule has 2 rings (SSSR count). The van der Waals surface area contributed by atoms with Crippen molar-refractivity contribution in [3.8, 4) is 11.4 Å². The van der Waals surface area contributed by atoms with Gasteiger partial charge in [0.2, 0.25) is 11.1 Å². The number of thioether (sulfide) groups is 1. The fourth-order valence-corrected chi connectivity index (χ4v) is 2.57. The molecule has 0 saturated heterocycles. The van der Waals surface area contributed by atoms with Gasteiger partial charge in [-0.2, -0.15) is 4.68 Å². The van der Waals surface area contributed by atoms with Gasteiger partial charge >= 0.3 is 6.36 Å². The van der Waals surface area contributed by atoms with Crippen molar-refractivity contribution in [2.24, 2.45) is 0 Å². The fourth-order valence-electron chi connectivity index (χ4n) is 1.85. The lowest BCUT2D eigenvalue weighted by Crippen LogP contribution is -2.26. The van der Waals surface area contributed by atoms with Crippen molar-refractivity contribution in [3.63, 3.8) is 0 Å². The Kier molecular flexibility index (Phi) is 7.21. The van der Waals surface area contributed by atoms with E-state index in [9.17, 15) is 18.0 Å². The monoisotopic (exact) mass is 391 g/mol. The summed E-state index contributed by atoms with van der Waals surface area (Å²) in [5.41, 5.74) is 0.438. The van der Waals surface area contributed by atoms with Crippen LogP contribution in [0.2, 0.25) is 0 Å². The number of hydrogen-bond donors (Lipinski definition) is 1. The van der Waals surface area contributed by atoms with Gasteiger partial charge in [-0.05, 0) is 41.1 Å². The van der Waals surface area contributed by atoms with E-state index >= 15 is 0 Å². The lowest BCUT2D eigenvalue weighted by molar-refractivity contribution is -0.274. The summed E-state index contributed by atoms with van der Waals surface area (Å²) in [5, 5.41) is 14.2. The number of rotatable bonds is 9. The molecule has 142 valence electrons. The Hall–Kier alpha value is -2.34. The van der Waals surface area contributed by atoms with Gasteiger partial charge in [0.05, 0.1) is 11.4 Å². The highest BCUT2D eigenvalue weighted by molar-refractivity contribution is 7.99. The summed E-state index contributed by atoms with van der Waals surface area (Å²) < 4.78 is 46.6. The number of carbonyl (C=O) groups is 1. The second-order valence-electron chi connectivity index (χ2n) is 4.90. The van der Waals surface area contributed by atoms with E-state index in [1.165, 1.54) is 16.8 Å². The third-order valence-electron chi connectivity index (χ3n) is 2.94. The third kappa shape index (κ3) is 6.52. The predicted molar refractivity (Wildman–Crippen MR) is 86.1 cm³/mol. The number of amides is 1. The number of benzene rings is 1. The van der Waals surface area contributed by atoms with Gasteiger partial charge in [-0.3, -0.25) is 4.79 Å². The Balaban J connectivity index is 1.92. The number of methoxy groups -OCH3 is 1. The number of aromatic nitrogens is 4. The van der Waals surface area contributed by atoms with E-state index in [4.69, 9.17) is 4.74 Å². The van der Waals surface area contributed by atoms with Crippen LogP contribution >= 0.6 is 11.8 Å². The molecule has 8 nitrogen and oxygen atoms in total. The Morgan fingerprint density at radius 1 is 1.31 bits per heavy atom. The zero-order chi connectivity index (χ0) is 19.0. The minimum Gasteiger partial charge on any atom is -0.406 e. The summed E-state index contributed by atoms with van der Waals surface area (Å²) in [4.78, 5) is 11.8. The van der Waals surface area contributed by atoms with Crippen LogP contribution in [-0.4, -0.2) is 58.5 Å². The predicted octanol–water partition coefficient (Wildman–Crippen LogP) is 1.81. The molecule has 0 aliphatic rings. The SMILES string of the molecule is COCCCNC(=O)CSc1nnnn1-c1ccc(OC(F)(F)F)cc1. The van der Waals surface area contributed by atoms with Gasteiger partial charge in [-0.25, -0.2) is 0 Å². The van der Waals surface area contributed by atoms with Crippen molar-refractivity contribution >= 4 is 17.7 Å². The van der Waals surface area contributed by atoms with Crippen molar-refractivity contribution in [2.45, 2.75) is 17.9 Å². The molecule has 1 amide bonds. The Morgan fingerprint density at radius 3 is 2.69 bits per heavy atom. The molecular weight excluding hydrogens is 375 g/mol. The first-order chi connectivity index (χ1) is 12.4. The number of tetrazole rings is 1. The van der Waals surface area contributed by atoms with Crippen LogP contribution < -0.4 is 10.1 Å². The molecule has 0 aliphatic carbocycles. The first-order valence-electron chi connectivity index (χ1n) is 7.42. The molecule has 1 N–H and O–H groups in total. The lowest BCUT2D eigenvalue weighted by Gasteiger charge is -2.09. The average Bonchev–Trinajstić information content (AvgIpc) is 3.05. The molecule has 0 radical (unpaired) electrons. The summed E-state index contributed by atoms with van der Waals surface area (Å²) in [5.74, 6) is -0.434. The first kappa shape index (κ1) is 20.0. The van der Waals surface area contributed by atoms with Crippen LogP contribution in [0.3, 0.4) is 0 Å². The summed E-state index contributed by atoms with van der Waals surface area (Å²) in [6.45, 7) is 1.05. The number of alkyl halides is 3. The van der Waals surface area contributed by atoms with Crippen molar-refractivity contribution in [2.75, 3.05) is 26.0 Å². The average molecular weight is 391 g/mol. The van der Waals surface area contributed by atoms with Crippen molar-refractivity contribution in [3.05, 3.63) is 24.3 Å². The van der Waals surface area contributed by atoms with E-state index in [0.29, 0.717) is 30.4 Å². The first-order valence-corrected chi connectivity index (χ1v) is 8.40. The molecule has 1 heterocycles. The molecule has 0 atom stereocenters. The molecule has 1 aromatic heterocycles. The topological polar surface area (TPSA) is 91.2 Å². The molecule has 0 spiro atoms. The highest BCUT2D eigenvalue weighted by Gasteiger charge is 2.31. The second kappa shape index (κ2) is 9.38. The lowest BCUT2D eigenvalue weighted by atomic mass is 10.3. The Morgan fingerprint density at radius 2 is 2.04 bits per heavy atom. The summed E-state index contributed by atoms with van der Waals surface area (Å²) in [6.07, 6.45) is -4.05. The minimum absolute atomic E-state index is 0.0998. The fraction of sp³-hybridized carbons (Fsp3) is 0.429. The van der Waals surface area contributed by atoms with Gasteiger partial charge in [0.15, 0.2) is 0 Å². The molecular formula is C14H16F3N5O3S. The number of nitrogens with zero attached hydrogens (tertiary/aromatic N) is 4. The maximum absolute atomic E-state index is 12.2. The molecule has 1 aromatic carbocycles. The van der Waals surface area contributed by atoms with Crippen LogP contribution in [0.15, 0.2) is 29.4 Å². The molecule has 0 fully saturated rings. The smallest absolute Gasteiger partial charge is 0.406 e. The minimum atomic E-state index is -4.76. The number of carbonyl (C=O) groups excluding carboxylic acids is 1. The van der Waals surface area contributed by atoms with Crippen molar-refractivity contribution in [1.82, 2.24) is 25.5 Å². The second-order valence-corrected chi connectivity index (χ2v) is 5.84. The van der Waals surface area contributed by atoms with Crippen LogP contribution in [0.5, 0.6) is 5.75 Å². The van der Waals surface area contributed by atoms with E-state index < -0.39 is 6.36 Å². The molecule has 0 unspecified atom stereocenters. The molecule has 0 aliphatic heterocycles. The van der Waals surface area contributed by atoms with Gasteiger partial charge in [-0.1, -0.05) is 11.8 Å². The van der Waals surface area contributed by atoms with E-state index in [-0.39, 0.29) is 17.4 Å². The van der Waals surface area contributed by atoms with Crippen molar-refractivity contribution in [1.29, 1.82) is 0 Å². The van der Waals surface area contributed by atoms with Crippen LogP contribution in [0, 0.1) is 0 Å². The Bertz CT molecular complexity index is 709. The maximum Gasteiger partial charge on any atom is 0.573 e. The summed E-state index contributed by atoms with van der Waals surface area (Å²) in [6, 6.07) is 5.07. The Labute approximate surface area is 151 Å². The van der Waals surface area contributed by atoms with Crippen LogP contribution in [0.4, 0.5) is 13.2 Å². The van der Waals surface area contributed by atoms with E-state index in [0.717, 1.165) is 23.9 Å². The molecule has 0 saturated carbocycles. The number of nitrogens with one attached hydrogen (secondary N) is 1. The molecule has 0 bridgehead atoms. The zero-order valence-electron chi connectivity index (χ0n) is 13.7.